The highest BCUT2D eigenvalue weighted by molar-refractivity contribution is 5.93. The lowest BCUT2D eigenvalue weighted by molar-refractivity contribution is -0.139. The molecule has 0 radical (unpaired) electrons. The van der Waals surface area contributed by atoms with Crippen molar-refractivity contribution in [1.29, 1.82) is 0 Å². The molecule has 0 amide bonds. The Morgan fingerprint density at radius 1 is 1.03 bits per heavy atom. The molecule has 1 aromatic heterocycles. The number of ether oxygens (including phenoxy) is 2. The van der Waals surface area contributed by atoms with E-state index in [1.54, 1.807) is 49.4 Å². The van der Waals surface area contributed by atoms with Gasteiger partial charge in [-0.25, -0.2) is 9.59 Å². The van der Waals surface area contributed by atoms with Crippen molar-refractivity contribution in [2.24, 2.45) is 0 Å². The summed E-state index contributed by atoms with van der Waals surface area (Å²) in [5, 5.41) is 18.6. The monoisotopic (exact) mass is 395 g/mol. The van der Waals surface area contributed by atoms with Crippen molar-refractivity contribution < 1.29 is 24.2 Å². The first-order valence-corrected chi connectivity index (χ1v) is 9.11. The lowest BCUT2D eigenvalue weighted by atomic mass is 10.2. The van der Waals surface area contributed by atoms with Gasteiger partial charge in [-0.05, 0) is 50.1 Å². The fourth-order valence-electron chi connectivity index (χ4n) is 2.52. The number of phenols is 1. The fourth-order valence-corrected chi connectivity index (χ4v) is 2.52. The lowest BCUT2D eigenvalue weighted by Crippen LogP contribution is -2.09. The second-order valence-electron chi connectivity index (χ2n) is 6.44. The maximum atomic E-state index is 12.2. The van der Waals surface area contributed by atoms with Crippen LogP contribution in [0.15, 0.2) is 54.6 Å². The lowest BCUT2D eigenvalue weighted by Gasteiger charge is -2.06. The molecule has 0 atom stereocenters. The minimum atomic E-state index is -0.470. The summed E-state index contributed by atoms with van der Waals surface area (Å²) in [4.78, 5) is 24.8. The van der Waals surface area contributed by atoms with Crippen LogP contribution in [0.1, 0.15) is 30.1 Å². The molecule has 0 aliphatic heterocycles. The maximum Gasteiger partial charge on any atom is 0.338 e. The van der Waals surface area contributed by atoms with Crippen molar-refractivity contribution in [3.8, 4) is 11.4 Å². The number of esters is 2. The van der Waals surface area contributed by atoms with E-state index in [4.69, 9.17) is 9.47 Å². The van der Waals surface area contributed by atoms with Gasteiger partial charge in [0.05, 0.1) is 18.8 Å². The van der Waals surface area contributed by atoms with Crippen molar-refractivity contribution in [2.45, 2.75) is 19.8 Å². The van der Waals surface area contributed by atoms with E-state index in [2.05, 4.69) is 16.8 Å². The Kier molecular flexibility index (Phi) is 6.23. The van der Waals surface area contributed by atoms with Gasteiger partial charge in [0.25, 0.3) is 0 Å². The standard InChI is InChI=1S/C21H21N3O5/c1-14(2)20(26)28-11-5-6-12-29-21(27)15-9-10-16-17(13-15)23-24(22-16)18-7-3-4-8-19(18)25/h3-4,7-10,13,25H,1,5-6,11-12H2,2H3. The topological polar surface area (TPSA) is 104 Å². The summed E-state index contributed by atoms with van der Waals surface area (Å²) in [6.07, 6.45) is 1.15. The molecule has 0 saturated heterocycles. The third-order valence-corrected chi connectivity index (χ3v) is 4.07. The maximum absolute atomic E-state index is 12.2. The Morgan fingerprint density at radius 2 is 1.72 bits per heavy atom. The number of nitrogens with zero attached hydrogens (tertiary/aromatic N) is 3. The van der Waals surface area contributed by atoms with Gasteiger partial charge in [-0.2, -0.15) is 0 Å². The number of fused-ring (bicyclic) bond motifs is 1. The molecule has 29 heavy (non-hydrogen) atoms. The summed E-state index contributed by atoms with van der Waals surface area (Å²) < 4.78 is 10.2. The van der Waals surface area contributed by atoms with Gasteiger partial charge in [-0.3, -0.25) is 0 Å². The van der Waals surface area contributed by atoms with Crippen LogP contribution >= 0.6 is 0 Å². The Hall–Kier alpha value is -3.68. The summed E-state index contributed by atoms with van der Waals surface area (Å²) in [5.41, 5.74) is 2.25. The van der Waals surface area contributed by atoms with Gasteiger partial charge < -0.3 is 14.6 Å². The molecule has 8 heteroatoms. The van der Waals surface area contributed by atoms with Crippen LogP contribution in [0, 0.1) is 0 Å². The second-order valence-corrected chi connectivity index (χ2v) is 6.44. The molecular formula is C21H21N3O5. The molecule has 0 bridgehead atoms. The number of aromatic nitrogens is 3. The van der Waals surface area contributed by atoms with Crippen molar-refractivity contribution in [3.63, 3.8) is 0 Å². The van der Waals surface area contributed by atoms with Crippen LogP contribution < -0.4 is 0 Å². The number of benzene rings is 2. The normalized spacial score (nSPS) is 10.7. The first kappa shape index (κ1) is 20.1. The smallest absolute Gasteiger partial charge is 0.338 e. The minimum Gasteiger partial charge on any atom is -0.506 e. The molecule has 0 aliphatic carbocycles. The van der Waals surface area contributed by atoms with E-state index in [0.29, 0.717) is 40.7 Å². The van der Waals surface area contributed by atoms with E-state index in [1.165, 1.54) is 4.80 Å². The Bertz CT molecular complexity index is 1060. The average molecular weight is 395 g/mol. The highest BCUT2D eigenvalue weighted by Gasteiger charge is 2.12. The van der Waals surface area contributed by atoms with E-state index in [0.717, 1.165) is 0 Å². The quantitative estimate of drug-likeness (QED) is 0.355. The van der Waals surface area contributed by atoms with Crippen LogP contribution in [0.5, 0.6) is 5.75 Å². The van der Waals surface area contributed by atoms with Gasteiger partial charge in [-0.1, -0.05) is 18.7 Å². The molecule has 150 valence electrons. The largest absolute Gasteiger partial charge is 0.506 e. The van der Waals surface area contributed by atoms with Crippen LogP contribution in [0.25, 0.3) is 16.7 Å². The molecule has 1 heterocycles. The SMILES string of the molecule is C=C(C)C(=O)OCCCCOC(=O)c1ccc2nn(-c3ccccc3O)nc2c1. The molecular weight excluding hydrogens is 374 g/mol. The molecule has 1 N–H and O–H groups in total. The zero-order valence-corrected chi connectivity index (χ0v) is 16.0. The molecule has 0 aliphatic rings. The minimum absolute atomic E-state index is 0.0568. The molecule has 3 rings (SSSR count). The number of aromatic hydroxyl groups is 1. The van der Waals surface area contributed by atoms with Gasteiger partial charge in [0.1, 0.15) is 22.5 Å². The first-order chi connectivity index (χ1) is 14.0. The molecule has 0 fully saturated rings. The summed E-state index contributed by atoms with van der Waals surface area (Å²) in [6, 6.07) is 11.6. The van der Waals surface area contributed by atoms with Crippen LogP contribution in [0.3, 0.4) is 0 Å². The van der Waals surface area contributed by atoms with Crippen LogP contribution in [0.4, 0.5) is 0 Å². The van der Waals surface area contributed by atoms with Crippen molar-refractivity contribution in [3.05, 3.63) is 60.2 Å². The van der Waals surface area contributed by atoms with Crippen LogP contribution in [-0.2, 0) is 14.3 Å². The van der Waals surface area contributed by atoms with E-state index in [1.807, 2.05) is 0 Å². The molecule has 0 saturated carbocycles. The van der Waals surface area contributed by atoms with Gasteiger partial charge in [0.2, 0.25) is 0 Å². The van der Waals surface area contributed by atoms with Gasteiger partial charge in [-0.15, -0.1) is 15.0 Å². The number of unbranched alkanes of at least 4 members (excludes halogenated alkanes) is 1. The van der Waals surface area contributed by atoms with Crippen LogP contribution in [-0.4, -0.2) is 45.3 Å². The van der Waals surface area contributed by atoms with E-state index in [9.17, 15) is 14.7 Å². The van der Waals surface area contributed by atoms with Gasteiger partial charge >= 0.3 is 11.9 Å². The van der Waals surface area contributed by atoms with E-state index < -0.39 is 11.9 Å². The molecule has 3 aromatic rings. The number of para-hydroxylation sites is 2. The summed E-state index contributed by atoms with van der Waals surface area (Å²) in [5.74, 6) is -0.837. The number of phenolic OH excluding ortho intramolecular Hbond substituents is 1. The third kappa shape index (κ3) is 4.98. The Labute approximate surface area is 167 Å². The molecule has 0 unspecified atom stereocenters. The highest BCUT2D eigenvalue weighted by Crippen LogP contribution is 2.21. The summed E-state index contributed by atoms with van der Waals surface area (Å²) in [6.45, 7) is 5.56. The van der Waals surface area contributed by atoms with Crippen LogP contribution in [0.2, 0.25) is 0 Å². The number of hydrogen-bond donors (Lipinski definition) is 1. The summed E-state index contributed by atoms with van der Waals surface area (Å²) >= 11 is 0. The highest BCUT2D eigenvalue weighted by atomic mass is 16.5. The zero-order valence-electron chi connectivity index (χ0n) is 16.0. The third-order valence-electron chi connectivity index (χ3n) is 4.07. The molecule has 8 nitrogen and oxygen atoms in total. The van der Waals surface area contributed by atoms with Crippen molar-refractivity contribution in [1.82, 2.24) is 15.0 Å². The number of hydrogen-bond acceptors (Lipinski definition) is 7. The molecule has 2 aromatic carbocycles. The van der Waals surface area contributed by atoms with Crippen molar-refractivity contribution in [2.75, 3.05) is 13.2 Å². The summed E-state index contributed by atoms with van der Waals surface area (Å²) in [7, 11) is 0. The molecule has 0 spiro atoms. The van der Waals surface area contributed by atoms with E-state index >= 15 is 0 Å². The predicted molar refractivity (Wildman–Crippen MR) is 106 cm³/mol. The second kappa shape index (κ2) is 9.01. The fraction of sp³-hybridized carbons (Fsp3) is 0.238. The number of carbonyl (C=O) groups is 2. The van der Waals surface area contributed by atoms with E-state index in [-0.39, 0.29) is 19.0 Å². The number of carbonyl (C=O) groups excluding carboxylic acids is 2. The first-order valence-electron chi connectivity index (χ1n) is 9.11. The van der Waals surface area contributed by atoms with Gasteiger partial charge in [0, 0.05) is 5.57 Å². The zero-order chi connectivity index (χ0) is 20.8. The van der Waals surface area contributed by atoms with Crippen molar-refractivity contribution >= 4 is 23.0 Å². The number of rotatable bonds is 8. The Balaban J connectivity index is 1.56. The average Bonchev–Trinajstić information content (AvgIpc) is 3.13. The predicted octanol–water partition coefficient (Wildman–Crippen LogP) is 3.18. The Morgan fingerprint density at radius 3 is 2.45 bits per heavy atom. The van der Waals surface area contributed by atoms with Gasteiger partial charge in [0.15, 0.2) is 0 Å².